The second kappa shape index (κ2) is 7.29. The van der Waals surface area contributed by atoms with Gasteiger partial charge in [-0.3, -0.25) is 4.90 Å². The van der Waals surface area contributed by atoms with Crippen molar-refractivity contribution in [3.63, 3.8) is 0 Å². The molecule has 0 radical (unpaired) electrons. The lowest BCUT2D eigenvalue weighted by atomic mass is 9.81. The number of nitrogens with zero attached hydrogens (tertiary/aromatic N) is 1. The van der Waals surface area contributed by atoms with Gasteiger partial charge in [-0.1, -0.05) is 34.1 Å². The lowest BCUT2D eigenvalue weighted by molar-refractivity contribution is 0.0697. The van der Waals surface area contributed by atoms with E-state index < -0.39 is 0 Å². The summed E-state index contributed by atoms with van der Waals surface area (Å²) in [6, 6.07) is 0.562. The molecule has 98 valence electrons. The zero-order valence-electron chi connectivity index (χ0n) is 12.4. The van der Waals surface area contributed by atoms with Crippen molar-refractivity contribution in [2.24, 2.45) is 5.92 Å². The van der Waals surface area contributed by atoms with Gasteiger partial charge in [0.2, 0.25) is 0 Å². The minimum absolute atomic E-state index is 0.229. The van der Waals surface area contributed by atoms with Crippen LogP contribution in [0.3, 0.4) is 0 Å². The Morgan fingerprint density at radius 2 is 1.62 bits per heavy atom. The SMILES string of the molecule is CCCC(C)C(NC)C(C)(C)N(CC)CC. The highest BCUT2D eigenvalue weighted by Gasteiger charge is 2.35. The predicted octanol–water partition coefficient (Wildman–Crippen LogP) is 3.13. The second-order valence-corrected chi connectivity index (χ2v) is 5.36. The maximum atomic E-state index is 3.53. The van der Waals surface area contributed by atoms with Crippen molar-refractivity contribution in [2.45, 2.75) is 66.0 Å². The number of likely N-dealkylation sites (N-methyl/N-ethyl adjacent to an activating group) is 2. The van der Waals surface area contributed by atoms with Gasteiger partial charge >= 0.3 is 0 Å². The van der Waals surface area contributed by atoms with E-state index >= 15 is 0 Å². The maximum Gasteiger partial charge on any atom is 0.0308 e. The van der Waals surface area contributed by atoms with Crippen molar-refractivity contribution in [1.29, 1.82) is 0 Å². The molecule has 0 saturated heterocycles. The Morgan fingerprint density at radius 3 is 1.94 bits per heavy atom. The highest BCUT2D eigenvalue weighted by Crippen LogP contribution is 2.26. The number of nitrogens with one attached hydrogen (secondary N) is 1. The van der Waals surface area contributed by atoms with Gasteiger partial charge in [-0.2, -0.15) is 0 Å². The number of rotatable bonds is 8. The molecule has 1 N–H and O–H groups in total. The van der Waals surface area contributed by atoms with Gasteiger partial charge in [0, 0.05) is 11.6 Å². The predicted molar refractivity (Wildman–Crippen MR) is 73.9 cm³/mol. The molecule has 0 aromatic rings. The summed E-state index contributed by atoms with van der Waals surface area (Å²) in [6.07, 6.45) is 2.57. The molecule has 0 aliphatic heterocycles. The first kappa shape index (κ1) is 15.9. The molecule has 2 atom stereocenters. The van der Waals surface area contributed by atoms with E-state index in [0.717, 1.165) is 19.0 Å². The summed E-state index contributed by atoms with van der Waals surface area (Å²) in [6.45, 7) is 16.1. The summed E-state index contributed by atoms with van der Waals surface area (Å²) in [5, 5.41) is 3.53. The van der Waals surface area contributed by atoms with Crippen LogP contribution in [0.4, 0.5) is 0 Å². The second-order valence-electron chi connectivity index (χ2n) is 5.36. The summed E-state index contributed by atoms with van der Waals surface area (Å²) >= 11 is 0. The fourth-order valence-corrected chi connectivity index (χ4v) is 3.19. The summed E-state index contributed by atoms with van der Waals surface area (Å²) in [7, 11) is 2.10. The fraction of sp³-hybridized carbons (Fsp3) is 1.00. The third-order valence-electron chi connectivity index (χ3n) is 3.96. The third-order valence-corrected chi connectivity index (χ3v) is 3.96. The minimum atomic E-state index is 0.229. The van der Waals surface area contributed by atoms with Crippen LogP contribution in [0.25, 0.3) is 0 Å². The van der Waals surface area contributed by atoms with Crippen LogP contribution in [0, 0.1) is 5.92 Å². The molecule has 0 saturated carbocycles. The van der Waals surface area contributed by atoms with Crippen molar-refractivity contribution >= 4 is 0 Å². The van der Waals surface area contributed by atoms with E-state index in [1.54, 1.807) is 0 Å². The molecule has 0 bridgehead atoms. The first-order valence-corrected chi connectivity index (χ1v) is 6.87. The summed E-state index contributed by atoms with van der Waals surface area (Å²) in [5.74, 6) is 0.727. The van der Waals surface area contributed by atoms with E-state index in [2.05, 4.69) is 58.8 Å². The lowest BCUT2D eigenvalue weighted by Crippen LogP contribution is -2.59. The van der Waals surface area contributed by atoms with Crippen molar-refractivity contribution < 1.29 is 0 Å². The van der Waals surface area contributed by atoms with E-state index in [1.807, 2.05) is 0 Å². The van der Waals surface area contributed by atoms with E-state index in [4.69, 9.17) is 0 Å². The molecule has 0 aromatic heterocycles. The summed E-state index contributed by atoms with van der Waals surface area (Å²) < 4.78 is 0. The van der Waals surface area contributed by atoms with E-state index in [-0.39, 0.29) is 5.54 Å². The molecule has 0 rings (SSSR count). The monoisotopic (exact) mass is 228 g/mol. The average Bonchev–Trinajstić information content (AvgIpc) is 2.19. The van der Waals surface area contributed by atoms with Crippen molar-refractivity contribution in [3.05, 3.63) is 0 Å². The molecule has 0 fully saturated rings. The molecular weight excluding hydrogens is 196 g/mol. The minimum Gasteiger partial charge on any atom is -0.315 e. The Hall–Kier alpha value is -0.0800. The Kier molecular flexibility index (Phi) is 7.25. The van der Waals surface area contributed by atoms with Crippen LogP contribution in [0.1, 0.15) is 54.4 Å². The molecular formula is C14H32N2. The molecule has 0 amide bonds. The number of hydrogen-bond donors (Lipinski definition) is 1. The molecule has 0 aliphatic carbocycles. The van der Waals surface area contributed by atoms with Crippen molar-refractivity contribution in [3.8, 4) is 0 Å². The van der Waals surface area contributed by atoms with Gasteiger partial charge in [0.15, 0.2) is 0 Å². The third kappa shape index (κ3) is 3.74. The van der Waals surface area contributed by atoms with Crippen molar-refractivity contribution in [2.75, 3.05) is 20.1 Å². The van der Waals surface area contributed by atoms with Crippen LogP contribution in [0.2, 0.25) is 0 Å². The fourth-order valence-electron chi connectivity index (χ4n) is 3.19. The van der Waals surface area contributed by atoms with Gasteiger partial charge in [-0.25, -0.2) is 0 Å². The highest BCUT2D eigenvalue weighted by atomic mass is 15.2. The molecule has 2 heteroatoms. The van der Waals surface area contributed by atoms with Gasteiger partial charge in [0.25, 0.3) is 0 Å². The zero-order valence-corrected chi connectivity index (χ0v) is 12.4. The maximum absolute atomic E-state index is 3.53. The smallest absolute Gasteiger partial charge is 0.0308 e. The van der Waals surface area contributed by atoms with Crippen LogP contribution in [-0.4, -0.2) is 36.6 Å². The van der Waals surface area contributed by atoms with E-state index in [0.29, 0.717) is 6.04 Å². The van der Waals surface area contributed by atoms with E-state index in [1.165, 1.54) is 12.8 Å². The normalized spacial score (nSPS) is 16.5. The van der Waals surface area contributed by atoms with Crippen LogP contribution in [0.15, 0.2) is 0 Å². The molecule has 0 heterocycles. The quantitative estimate of drug-likeness (QED) is 0.686. The van der Waals surface area contributed by atoms with Crippen LogP contribution >= 0.6 is 0 Å². The molecule has 0 aromatic carbocycles. The Bertz CT molecular complexity index is 174. The summed E-state index contributed by atoms with van der Waals surface area (Å²) in [4.78, 5) is 2.56. The van der Waals surface area contributed by atoms with Crippen LogP contribution in [-0.2, 0) is 0 Å². The molecule has 2 nitrogen and oxygen atoms in total. The van der Waals surface area contributed by atoms with Crippen LogP contribution < -0.4 is 5.32 Å². The van der Waals surface area contributed by atoms with Gasteiger partial charge in [0.05, 0.1) is 0 Å². The largest absolute Gasteiger partial charge is 0.315 e. The Balaban J connectivity index is 4.76. The Labute approximate surface area is 103 Å². The zero-order chi connectivity index (χ0) is 12.8. The van der Waals surface area contributed by atoms with Gasteiger partial charge in [0.1, 0.15) is 0 Å². The van der Waals surface area contributed by atoms with Crippen LogP contribution in [0.5, 0.6) is 0 Å². The average molecular weight is 228 g/mol. The summed E-state index contributed by atoms with van der Waals surface area (Å²) in [5.41, 5.74) is 0.229. The highest BCUT2D eigenvalue weighted by molar-refractivity contribution is 4.94. The molecule has 2 unspecified atom stereocenters. The first-order chi connectivity index (χ1) is 7.45. The standard InChI is InChI=1S/C14H32N2/c1-8-11-12(4)13(15-7)14(5,6)16(9-2)10-3/h12-13,15H,8-11H2,1-7H3. The molecule has 16 heavy (non-hydrogen) atoms. The Morgan fingerprint density at radius 1 is 1.12 bits per heavy atom. The molecule has 0 spiro atoms. The lowest BCUT2D eigenvalue weighted by Gasteiger charge is -2.46. The van der Waals surface area contributed by atoms with Crippen molar-refractivity contribution in [1.82, 2.24) is 10.2 Å². The topological polar surface area (TPSA) is 15.3 Å². The number of hydrogen-bond acceptors (Lipinski definition) is 2. The van der Waals surface area contributed by atoms with Gasteiger partial charge in [-0.15, -0.1) is 0 Å². The van der Waals surface area contributed by atoms with E-state index in [9.17, 15) is 0 Å². The van der Waals surface area contributed by atoms with Gasteiger partial charge < -0.3 is 5.32 Å². The first-order valence-electron chi connectivity index (χ1n) is 6.87. The van der Waals surface area contributed by atoms with Gasteiger partial charge in [-0.05, 0) is 46.3 Å². The molecule has 0 aliphatic rings.